The number of anilines is 1. The number of aryl methyl sites for hydroxylation is 1. The molecular weight excluding hydrogens is 344 g/mol. The molecule has 0 aliphatic rings. The second kappa shape index (κ2) is 6.34. The molecule has 25 heavy (non-hydrogen) atoms. The van der Waals surface area contributed by atoms with E-state index in [0.29, 0.717) is 16.9 Å². The third kappa shape index (κ3) is 3.28. The van der Waals surface area contributed by atoms with E-state index < -0.39 is 15.8 Å². The molecule has 0 atom stereocenters. The molecule has 2 aromatic heterocycles. The van der Waals surface area contributed by atoms with Crippen molar-refractivity contribution in [3.05, 3.63) is 52.6 Å². The molecule has 2 heterocycles. The second-order valence-electron chi connectivity index (χ2n) is 5.76. The molecule has 0 amide bonds. The fraction of sp³-hybridized carbons (Fsp3) is 0.250. The van der Waals surface area contributed by atoms with Crippen molar-refractivity contribution >= 4 is 26.9 Å². The monoisotopic (exact) mass is 362 g/mol. The summed E-state index contributed by atoms with van der Waals surface area (Å²) in [4.78, 5) is 17.7. The van der Waals surface area contributed by atoms with Gasteiger partial charge in [-0.05, 0) is 24.3 Å². The summed E-state index contributed by atoms with van der Waals surface area (Å²) in [5.41, 5.74) is 1.52. The van der Waals surface area contributed by atoms with Crippen LogP contribution in [0.25, 0.3) is 11.1 Å². The highest BCUT2D eigenvalue weighted by Crippen LogP contribution is 2.19. The molecule has 0 saturated carbocycles. The number of nitrogens with zero attached hydrogens (tertiary/aromatic N) is 3. The maximum atomic E-state index is 12.6. The number of pyridine rings is 1. The summed E-state index contributed by atoms with van der Waals surface area (Å²) in [5, 5.41) is 0. The number of aromatic nitrogens is 2. The molecular formula is C16H18N4O4S. The molecule has 0 aliphatic carbocycles. The molecule has 0 radical (unpaired) electrons. The Labute approximate surface area is 144 Å². The normalized spacial score (nSPS) is 11.8. The number of hydrogen-bond acceptors (Lipinski definition) is 6. The van der Waals surface area contributed by atoms with Gasteiger partial charge in [-0.25, -0.2) is 22.9 Å². The summed E-state index contributed by atoms with van der Waals surface area (Å²) in [5.74, 6) is 0.154. The van der Waals surface area contributed by atoms with Gasteiger partial charge in [-0.2, -0.15) is 0 Å². The first-order valence-corrected chi connectivity index (χ1v) is 8.98. The Morgan fingerprint density at radius 3 is 2.76 bits per heavy atom. The lowest BCUT2D eigenvalue weighted by molar-refractivity contribution is 0.528. The van der Waals surface area contributed by atoms with Crippen molar-refractivity contribution in [2.75, 3.05) is 19.0 Å². The standard InChI is InChI=1S/C16H18N4O4S/c1-19(2)15-11(5-4-8-17-15)10-18-25(22,23)12-6-7-14-13(9-12)20(3)16(21)24-14/h4-9,18H,10H2,1-3H3. The Morgan fingerprint density at radius 2 is 2.04 bits per heavy atom. The average Bonchev–Trinajstić information content (AvgIpc) is 2.87. The molecule has 0 bridgehead atoms. The van der Waals surface area contributed by atoms with Crippen LogP contribution in [-0.2, 0) is 23.6 Å². The van der Waals surface area contributed by atoms with E-state index in [0.717, 1.165) is 5.56 Å². The molecule has 0 aliphatic heterocycles. The van der Waals surface area contributed by atoms with Gasteiger partial charge >= 0.3 is 5.76 Å². The highest BCUT2D eigenvalue weighted by molar-refractivity contribution is 7.89. The highest BCUT2D eigenvalue weighted by atomic mass is 32.2. The minimum Gasteiger partial charge on any atom is -0.408 e. The molecule has 3 rings (SSSR count). The van der Waals surface area contributed by atoms with E-state index >= 15 is 0 Å². The Kier molecular flexibility index (Phi) is 4.36. The van der Waals surface area contributed by atoms with Crippen LogP contribution in [0.15, 0.2) is 50.6 Å². The molecule has 0 fully saturated rings. The van der Waals surface area contributed by atoms with Gasteiger partial charge in [0, 0.05) is 39.4 Å². The van der Waals surface area contributed by atoms with Crippen molar-refractivity contribution in [2.24, 2.45) is 7.05 Å². The van der Waals surface area contributed by atoms with Crippen LogP contribution in [0.3, 0.4) is 0 Å². The van der Waals surface area contributed by atoms with E-state index in [4.69, 9.17) is 4.42 Å². The van der Waals surface area contributed by atoms with Crippen LogP contribution >= 0.6 is 0 Å². The predicted octanol–water partition coefficient (Wildman–Crippen LogP) is 1.07. The van der Waals surface area contributed by atoms with Crippen molar-refractivity contribution in [2.45, 2.75) is 11.4 Å². The minimum absolute atomic E-state index is 0.0618. The van der Waals surface area contributed by atoms with Gasteiger partial charge in [0.05, 0.1) is 10.4 Å². The van der Waals surface area contributed by atoms with E-state index in [9.17, 15) is 13.2 Å². The molecule has 0 saturated heterocycles. The van der Waals surface area contributed by atoms with Gasteiger partial charge in [-0.15, -0.1) is 0 Å². The van der Waals surface area contributed by atoms with Crippen LogP contribution < -0.4 is 15.4 Å². The van der Waals surface area contributed by atoms with Gasteiger partial charge in [-0.3, -0.25) is 4.57 Å². The number of sulfonamides is 1. The lowest BCUT2D eigenvalue weighted by atomic mass is 10.2. The molecule has 1 N–H and O–H groups in total. The number of hydrogen-bond donors (Lipinski definition) is 1. The fourth-order valence-corrected chi connectivity index (χ4v) is 3.53. The van der Waals surface area contributed by atoms with Crippen LogP contribution in [0, 0.1) is 0 Å². The average molecular weight is 362 g/mol. The fourth-order valence-electron chi connectivity index (χ4n) is 2.50. The predicted molar refractivity (Wildman–Crippen MR) is 94.0 cm³/mol. The molecule has 0 unspecified atom stereocenters. The lowest BCUT2D eigenvalue weighted by Crippen LogP contribution is -2.25. The van der Waals surface area contributed by atoms with Crippen LogP contribution in [0.5, 0.6) is 0 Å². The lowest BCUT2D eigenvalue weighted by Gasteiger charge is -2.16. The second-order valence-corrected chi connectivity index (χ2v) is 7.53. The van der Waals surface area contributed by atoms with E-state index in [1.807, 2.05) is 25.1 Å². The van der Waals surface area contributed by atoms with Crippen LogP contribution in [0.4, 0.5) is 5.82 Å². The van der Waals surface area contributed by atoms with Crippen molar-refractivity contribution in [3.63, 3.8) is 0 Å². The summed E-state index contributed by atoms with van der Waals surface area (Å²) < 4.78 is 34.0. The van der Waals surface area contributed by atoms with Crippen LogP contribution in [0.1, 0.15) is 5.56 Å². The van der Waals surface area contributed by atoms with Gasteiger partial charge in [-0.1, -0.05) is 6.07 Å². The molecule has 9 heteroatoms. The third-order valence-corrected chi connectivity index (χ3v) is 5.22. The third-order valence-electron chi connectivity index (χ3n) is 3.82. The molecule has 8 nitrogen and oxygen atoms in total. The smallest absolute Gasteiger partial charge is 0.408 e. The van der Waals surface area contributed by atoms with Crippen LogP contribution in [0.2, 0.25) is 0 Å². The SMILES string of the molecule is CN(C)c1ncccc1CNS(=O)(=O)c1ccc2oc(=O)n(C)c2c1. The Balaban J connectivity index is 1.90. The van der Waals surface area contributed by atoms with Crippen LogP contribution in [-0.4, -0.2) is 32.1 Å². The van der Waals surface area contributed by atoms with E-state index in [-0.39, 0.29) is 11.4 Å². The number of rotatable bonds is 5. The molecule has 3 aromatic rings. The summed E-state index contributed by atoms with van der Waals surface area (Å²) in [6.45, 7) is 0.103. The number of benzene rings is 1. The molecule has 0 spiro atoms. The number of nitrogens with one attached hydrogen (secondary N) is 1. The van der Waals surface area contributed by atoms with Crippen molar-refractivity contribution in [3.8, 4) is 0 Å². The highest BCUT2D eigenvalue weighted by Gasteiger charge is 2.17. The van der Waals surface area contributed by atoms with E-state index in [1.165, 1.54) is 29.8 Å². The number of fused-ring (bicyclic) bond motifs is 1. The Morgan fingerprint density at radius 1 is 1.28 bits per heavy atom. The molecule has 1 aromatic carbocycles. The zero-order chi connectivity index (χ0) is 18.2. The van der Waals surface area contributed by atoms with Crippen molar-refractivity contribution in [1.29, 1.82) is 0 Å². The first-order valence-electron chi connectivity index (χ1n) is 7.50. The van der Waals surface area contributed by atoms with E-state index in [2.05, 4.69) is 9.71 Å². The van der Waals surface area contributed by atoms with Gasteiger partial charge in [0.1, 0.15) is 5.82 Å². The first-order chi connectivity index (χ1) is 11.8. The van der Waals surface area contributed by atoms with Crippen molar-refractivity contribution < 1.29 is 12.8 Å². The van der Waals surface area contributed by atoms with E-state index in [1.54, 1.807) is 12.3 Å². The minimum atomic E-state index is -3.75. The maximum absolute atomic E-state index is 12.6. The van der Waals surface area contributed by atoms with Gasteiger partial charge in [0.2, 0.25) is 10.0 Å². The van der Waals surface area contributed by atoms with Gasteiger partial charge in [0.25, 0.3) is 0 Å². The first kappa shape index (κ1) is 17.2. The topological polar surface area (TPSA) is 97.4 Å². The summed E-state index contributed by atoms with van der Waals surface area (Å²) in [6, 6.07) is 7.86. The summed E-state index contributed by atoms with van der Waals surface area (Å²) in [6.07, 6.45) is 1.65. The molecule has 132 valence electrons. The summed E-state index contributed by atoms with van der Waals surface area (Å²) in [7, 11) is 1.45. The van der Waals surface area contributed by atoms with Gasteiger partial charge < -0.3 is 9.32 Å². The largest absolute Gasteiger partial charge is 0.419 e. The summed E-state index contributed by atoms with van der Waals surface area (Å²) >= 11 is 0. The Hall–Kier alpha value is -2.65. The maximum Gasteiger partial charge on any atom is 0.419 e. The van der Waals surface area contributed by atoms with Crippen molar-refractivity contribution in [1.82, 2.24) is 14.3 Å². The zero-order valence-corrected chi connectivity index (χ0v) is 14.9. The zero-order valence-electron chi connectivity index (χ0n) is 14.1. The van der Waals surface area contributed by atoms with Gasteiger partial charge in [0.15, 0.2) is 5.58 Å². The Bertz CT molecular complexity index is 1080. The number of oxazole rings is 1. The quantitative estimate of drug-likeness (QED) is 0.729.